The number of aromatic nitrogens is 2. The minimum atomic E-state index is -2.75. The Morgan fingerprint density at radius 1 is 1.36 bits per heavy atom. The highest BCUT2D eigenvalue weighted by Gasteiger charge is 2.29. The molecule has 0 aromatic carbocycles. The van der Waals surface area contributed by atoms with Gasteiger partial charge in [0.15, 0.2) is 0 Å². The van der Waals surface area contributed by atoms with E-state index in [9.17, 15) is 13.9 Å². The number of nitrogens with zero attached hydrogens (tertiary/aromatic N) is 4. The molecule has 1 atom stereocenters. The number of ether oxygens (including phenoxy) is 1. The van der Waals surface area contributed by atoms with Gasteiger partial charge in [-0.05, 0) is 37.9 Å². The van der Waals surface area contributed by atoms with Crippen molar-refractivity contribution in [3.8, 4) is 0 Å². The first-order valence-corrected chi connectivity index (χ1v) is 10.4. The normalized spacial score (nSPS) is 16.7. The summed E-state index contributed by atoms with van der Waals surface area (Å²) in [5.74, 6) is 0.241. The van der Waals surface area contributed by atoms with Crippen LogP contribution in [0.25, 0.3) is 0 Å². The summed E-state index contributed by atoms with van der Waals surface area (Å²) in [7, 11) is 0. The highest BCUT2D eigenvalue weighted by Crippen LogP contribution is 2.30. The van der Waals surface area contributed by atoms with Crippen molar-refractivity contribution in [1.82, 2.24) is 15.4 Å². The van der Waals surface area contributed by atoms with E-state index in [-0.39, 0.29) is 0 Å². The van der Waals surface area contributed by atoms with E-state index < -0.39 is 24.2 Å². The smallest absolute Gasteiger partial charge is 0.314 e. The first-order chi connectivity index (χ1) is 13.3. The maximum absolute atomic E-state index is 12.6. The Hall–Kier alpha value is -1.98. The molecule has 0 saturated heterocycles. The molecular weight excluding hydrogens is 408 g/mol. The van der Waals surface area contributed by atoms with Crippen molar-refractivity contribution in [3.63, 3.8) is 0 Å². The van der Waals surface area contributed by atoms with Crippen LogP contribution in [0.15, 0.2) is 29.6 Å². The van der Waals surface area contributed by atoms with Crippen LogP contribution in [0.5, 0.6) is 0 Å². The average Bonchev–Trinajstić information content (AvgIpc) is 3.30. The molecule has 0 bridgehead atoms. The predicted molar refractivity (Wildman–Crippen MR) is 106 cm³/mol. The second-order valence-corrected chi connectivity index (χ2v) is 8.87. The van der Waals surface area contributed by atoms with Crippen molar-refractivity contribution in [2.24, 2.45) is 5.10 Å². The lowest BCUT2D eigenvalue weighted by Crippen LogP contribution is -2.19. The van der Waals surface area contributed by atoms with E-state index >= 15 is 0 Å². The number of pyridine rings is 1. The quantitative estimate of drug-likeness (QED) is 0.620. The number of rotatable bonds is 8. The molecule has 3 rings (SSSR count). The van der Waals surface area contributed by atoms with Gasteiger partial charge in [0.05, 0.1) is 29.0 Å². The molecule has 0 spiro atoms. The van der Waals surface area contributed by atoms with Crippen molar-refractivity contribution in [3.05, 3.63) is 40.1 Å². The molecule has 2 aromatic heterocycles. The van der Waals surface area contributed by atoms with Gasteiger partial charge in [0.2, 0.25) is 6.23 Å². The minimum Gasteiger partial charge on any atom is -0.445 e. The molecule has 0 fully saturated rings. The van der Waals surface area contributed by atoms with Gasteiger partial charge < -0.3 is 14.1 Å². The number of aliphatic hydroxyl groups is 1. The number of alkyl halides is 2. The third-order valence-electron chi connectivity index (χ3n) is 3.77. The lowest BCUT2D eigenvalue weighted by atomic mass is 10.1. The lowest BCUT2D eigenvalue weighted by Gasteiger charge is -2.23. The first-order valence-electron chi connectivity index (χ1n) is 8.59. The second-order valence-electron chi connectivity index (χ2n) is 6.45. The third-order valence-corrected chi connectivity index (χ3v) is 5.71. The van der Waals surface area contributed by atoms with Crippen LogP contribution in [-0.2, 0) is 16.9 Å². The molecular formula is C17H21F2N5O2S2. The molecule has 1 unspecified atom stereocenters. The standard InChI is InChI=1S/C17H21F2N5O2S2/c1-4-27-24(10-5-6-12(20-7-10)17(2,3)25)9-13-21-8-11(28-13)15-22-23-16(26-15)14(18)19/h5-8,14-15,22,25H,4,9H2,1-3H3. The van der Waals surface area contributed by atoms with Crippen molar-refractivity contribution >= 4 is 34.9 Å². The van der Waals surface area contributed by atoms with E-state index in [4.69, 9.17) is 4.74 Å². The van der Waals surface area contributed by atoms with E-state index in [1.807, 2.05) is 17.3 Å². The number of thiazole rings is 1. The number of hydrogen-bond donors (Lipinski definition) is 2. The maximum Gasteiger partial charge on any atom is 0.314 e. The van der Waals surface area contributed by atoms with Crippen molar-refractivity contribution < 1.29 is 18.6 Å². The molecule has 7 nitrogen and oxygen atoms in total. The Bertz CT molecular complexity index is 824. The molecule has 3 heterocycles. The second kappa shape index (κ2) is 8.58. The summed E-state index contributed by atoms with van der Waals surface area (Å²) in [5.41, 5.74) is 3.03. The van der Waals surface area contributed by atoms with Gasteiger partial charge in [-0.1, -0.05) is 6.92 Å². The molecule has 1 aliphatic heterocycles. The number of nitrogens with one attached hydrogen (secondary N) is 1. The van der Waals surface area contributed by atoms with Gasteiger partial charge in [0.25, 0.3) is 5.90 Å². The molecule has 0 amide bonds. The van der Waals surface area contributed by atoms with E-state index in [2.05, 4.69) is 20.5 Å². The third kappa shape index (κ3) is 4.89. The summed E-state index contributed by atoms with van der Waals surface area (Å²) in [6.45, 7) is 5.94. The summed E-state index contributed by atoms with van der Waals surface area (Å²) in [4.78, 5) is 9.40. The SMILES string of the molecule is CCSN(Cc1ncc(C2NN=C(C(F)F)O2)s1)c1ccc(C(C)(C)O)nc1. The Morgan fingerprint density at radius 3 is 2.71 bits per heavy atom. The molecule has 2 aromatic rings. The Morgan fingerprint density at radius 2 is 2.14 bits per heavy atom. The fourth-order valence-electron chi connectivity index (χ4n) is 2.42. The highest BCUT2D eigenvalue weighted by molar-refractivity contribution is 8.00. The van der Waals surface area contributed by atoms with Gasteiger partial charge in [-0.2, -0.15) is 8.78 Å². The molecule has 2 N–H and O–H groups in total. The van der Waals surface area contributed by atoms with E-state index in [0.717, 1.165) is 16.4 Å². The maximum atomic E-state index is 12.6. The summed E-state index contributed by atoms with van der Waals surface area (Å²) >= 11 is 2.98. The van der Waals surface area contributed by atoms with Gasteiger partial charge >= 0.3 is 6.43 Å². The number of hydrogen-bond acceptors (Lipinski definition) is 9. The van der Waals surface area contributed by atoms with Crippen molar-refractivity contribution in [2.45, 2.75) is 45.6 Å². The van der Waals surface area contributed by atoms with Crippen molar-refractivity contribution in [2.75, 3.05) is 10.1 Å². The number of anilines is 1. The van der Waals surface area contributed by atoms with Gasteiger partial charge in [0, 0.05) is 11.9 Å². The van der Waals surface area contributed by atoms with E-state index in [1.54, 1.807) is 44.3 Å². The van der Waals surface area contributed by atoms with Crippen LogP contribution in [0, 0.1) is 0 Å². The van der Waals surface area contributed by atoms with E-state index in [0.29, 0.717) is 17.1 Å². The van der Waals surface area contributed by atoms with E-state index in [1.165, 1.54) is 11.3 Å². The van der Waals surface area contributed by atoms with Crippen LogP contribution in [-0.4, -0.2) is 33.2 Å². The largest absolute Gasteiger partial charge is 0.445 e. The summed E-state index contributed by atoms with van der Waals surface area (Å²) in [6, 6.07) is 3.70. The highest BCUT2D eigenvalue weighted by atomic mass is 32.2. The van der Waals surface area contributed by atoms with Crippen LogP contribution in [0.3, 0.4) is 0 Å². The number of halogens is 2. The zero-order valence-corrected chi connectivity index (χ0v) is 17.2. The topological polar surface area (TPSA) is 82.9 Å². The van der Waals surface area contributed by atoms with Crippen LogP contribution in [0.1, 0.15) is 42.6 Å². The molecule has 0 aliphatic carbocycles. The summed E-state index contributed by atoms with van der Waals surface area (Å²) in [5, 5.41) is 14.4. The predicted octanol–water partition coefficient (Wildman–Crippen LogP) is 3.64. The Kier molecular flexibility index (Phi) is 6.36. The van der Waals surface area contributed by atoms with Gasteiger partial charge in [-0.25, -0.2) is 4.98 Å². The summed E-state index contributed by atoms with van der Waals surface area (Å²) < 4.78 is 32.4. The zero-order chi connectivity index (χ0) is 20.3. The van der Waals surface area contributed by atoms with Gasteiger partial charge in [-0.15, -0.1) is 16.4 Å². The molecule has 0 saturated carbocycles. The van der Waals surface area contributed by atoms with Gasteiger partial charge in [-0.3, -0.25) is 10.4 Å². The molecule has 152 valence electrons. The molecule has 28 heavy (non-hydrogen) atoms. The first kappa shape index (κ1) is 20.7. The lowest BCUT2D eigenvalue weighted by molar-refractivity contribution is 0.0739. The average molecular weight is 430 g/mol. The van der Waals surface area contributed by atoms with Crippen molar-refractivity contribution in [1.29, 1.82) is 0 Å². The summed E-state index contributed by atoms with van der Waals surface area (Å²) in [6.07, 6.45) is -0.170. The molecule has 11 heteroatoms. The van der Waals surface area contributed by atoms with Crippen LogP contribution in [0.2, 0.25) is 0 Å². The monoisotopic (exact) mass is 429 g/mol. The van der Waals surface area contributed by atoms with Crippen LogP contribution < -0.4 is 9.73 Å². The zero-order valence-electron chi connectivity index (χ0n) is 15.6. The Balaban J connectivity index is 1.69. The minimum absolute atomic E-state index is 0.516. The fourth-order valence-corrected chi connectivity index (χ4v) is 4.17. The van der Waals surface area contributed by atoms with Gasteiger partial charge in [0.1, 0.15) is 10.6 Å². The molecule has 1 aliphatic rings. The Labute approximate surface area is 170 Å². The fraction of sp³-hybridized carbons (Fsp3) is 0.471. The molecule has 0 radical (unpaired) electrons. The number of hydrazone groups is 1. The van der Waals surface area contributed by atoms with Crippen LogP contribution >= 0.6 is 23.3 Å². The van der Waals surface area contributed by atoms with Crippen LogP contribution in [0.4, 0.5) is 14.5 Å².